The number of H-pyrrole nitrogens is 1. The van der Waals surface area contributed by atoms with Gasteiger partial charge in [-0.25, -0.2) is 5.10 Å². The monoisotopic (exact) mass is 223 g/mol. The second-order valence-electron chi connectivity index (χ2n) is 4.04. The normalized spacial score (nSPS) is 20.6. The Bertz CT molecular complexity index is 371. The molecule has 0 spiro atoms. The second-order valence-corrected chi connectivity index (χ2v) is 4.04. The zero-order valence-electron chi connectivity index (χ0n) is 9.24. The van der Waals surface area contributed by atoms with Crippen LogP contribution < -0.4 is 10.9 Å². The standard InChI is InChI=1S/C11H17N3O2/c15-11-7-9(8-13-14-11)12-5-4-10-3-1-2-6-16-10/h7-8,10H,1-6H2,(H2,12,14,15). The van der Waals surface area contributed by atoms with E-state index in [9.17, 15) is 4.79 Å². The van der Waals surface area contributed by atoms with Gasteiger partial charge in [0.05, 0.1) is 18.0 Å². The number of aromatic amines is 1. The molecule has 1 atom stereocenters. The number of hydrogen-bond donors (Lipinski definition) is 2. The molecule has 2 N–H and O–H groups in total. The molecule has 1 fully saturated rings. The largest absolute Gasteiger partial charge is 0.383 e. The molecule has 88 valence electrons. The highest BCUT2D eigenvalue weighted by Gasteiger charge is 2.12. The minimum absolute atomic E-state index is 0.182. The molecule has 0 amide bonds. The van der Waals surface area contributed by atoms with E-state index in [2.05, 4.69) is 15.5 Å². The predicted molar refractivity (Wildman–Crippen MR) is 61.6 cm³/mol. The van der Waals surface area contributed by atoms with Crippen LogP contribution in [0.1, 0.15) is 25.7 Å². The van der Waals surface area contributed by atoms with Crippen molar-refractivity contribution in [3.05, 3.63) is 22.6 Å². The lowest BCUT2D eigenvalue weighted by molar-refractivity contribution is 0.0134. The first kappa shape index (κ1) is 11.1. The molecule has 1 aliphatic heterocycles. The van der Waals surface area contributed by atoms with E-state index in [1.54, 1.807) is 6.20 Å². The molecule has 0 aliphatic carbocycles. The van der Waals surface area contributed by atoms with Crippen molar-refractivity contribution in [2.75, 3.05) is 18.5 Å². The molecule has 1 aliphatic rings. The van der Waals surface area contributed by atoms with Gasteiger partial charge in [0.15, 0.2) is 0 Å². The minimum Gasteiger partial charge on any atom is -0.383 e. The maximum Gasteiger partial charge on any atom is 0.266 e. The Morgan fingerprint density at radius 2 is 2.50 bits per heavy atom. The number of hydrogen-bond acceptors (Lipinski definition) is 4. The lowest BCUT2D eigenvalue weighted by atomic mass is 10.1. The van der Waals surface area contributed by atoms with Gasteiger partial charge < -0.3 is 10.1 Å². The van der Waals surface area contributed by atoms with Crippen molar-refractivity contribution in [2.24, 2.45) is 0 Å². The molecule has 0 aromatic carbocycles. The van der Waals surface area contributed by atoms with Crippen LogP contribution in [0.4, 0.5) is 5.69 Å². The van der Waals surface area contributed by atoms with Crippen LogP contribution in [0.5, 0.6) is 0 Å². The third-order valence-electron chi connectivity index (χ3n) is 2.73. The molecule has 1 unspecified atom stereocenters. The summed E-state index contributed by atoms with van der Waals surface area (Å²) in [6.45, 7) is 1.70. The summed E-state index contributed by atoms with van der Waals surface area (Å²) in [6.07, 6.45) is 6.56. The molecule has 0 radical (unpaired) electrons. The quantitative estimate of drug-likeness (QED) is 0.803. The van der Waals surface area contributed by atoms with Crippen LogP contribution in [0.3, 0.4) is 0 Å². The number of aromatic nitrogens is 2. The van der Waals surface area contributed by atoms with Gasteiger partial charge in [-0.15, -0.1) is 0 Å². The number of nitrogens with one attached hydrogen (secondary N) is 2. The summed E-state index contributed by atoms with van der Waals surface area (Å²) in [5.41, 5.74) is 0.582. The number of anilines is 1. The highest BCUT2D eigenvalue weighted by molar-refractivity contribution is 5.38. The fraction of sp³-hybridized carbons (Fsp3) is 0.636. The molecule has 0 saturated carbocycles. The maximum atomic E-state index is 11.0. The van der Waals surface area contributed by atoms with Crippen LogP contribution in [0.2, 0.25) is 0 Å². The van der Waals surface area contributed by atoms with E-state index in [0.29, 0.717) is 6.10 Å². The van der Waals surface area contributed by atoms with Crippen LogP contribution in [-0.2, 0) is 4.74 Å². The molecule has 5 nitrogen and oxygen atoms in total. The summed E-state index contributed by atoms with van der Waals surface area (Å²) in [5.74, 6) is 0. The fourth-order valence-electron chi connectivity index (χ4n) is 1.89. The highest BCUT2D eigenvalue weighted by atomic mass is 16.5. The van der Waals surface area contributed by atoms with Crippen LogP contribution in [0.15, 0.2) is 17.1 Å². The third kappa shape index (κ3) is 3.34. The van der Waals surface area contributed by atoms with E-state index in [0.717, 1.165) is 31.7 Å². The molecule has 2 heterocycles. The Kier molecular flexibility index (Phi) is 3.93. The minimum atomic E-state index is -0.182. The maximum absolute atomic E-state index is 11.0. The van der Waals surface area contributed by atoms with E-state index in [1.165, 1.54) is 18.9 Å². The lowest BCUT2D eigenvalue weighted by Crippen LogP contribution is -2.22. The molecular weight excluding hydrogens is 206 g/mol. The van der Waals surface area contributed by atoms with Gasteiger partial charge in [0.25, 0.3) is 5.56 Å². The van der Waals surface area contributed by atoms with Gasteiger partial charge in [-0.05, 0) is 25.7 Å². The van der Waals surface area contributed by atoms with Crippen molar-refractivity contribution in [2.45, 2.75) is 31.8 Å². The van der Waals surface area contributed by atoms with E-state index in [-0.39, 0.29) is 5.56 Å². The van der Waals surface area contributed by atoms with Crippen molar-refractivity contribution in [1.29, 1.82) is 0 Å². The van der Waals surface area contributed by atoms with Gasteiger partial charge >= 0.3 is 0 Å². The first-order valence-electron chi connectivity index (χ1n) is 5.75. The van der Waals surface area contributed by atoms with Gasteiger partial charge in [-0.2, -0.15) is 5.10 Å². The summed E-state index contributed by atoms with van der Waals surface area (Å²) in [6, 6.07) is 1.51. The molecule has 5 heteroatoms. The van der Waals surface area contributed by atoms with Crippen molar-refractivity contribution in [3.8, 4) is 0 Å². The van der Waals surface area contributed by atoms with Crippen molar-refractivity contribution < 1.29 is 4.74 Å². The van der Waals surface area contributed by atoms with Crippen molar-refractivity contribution >= 4 is 5.69 Å². The van der Waals surface area contributed by atoms with Crippen LogP contribution in [-0.4, -0.2) is 29.5 Å². The molecular formula is C11H17N3O2. The molecule has 2 rings (SSSR count). The molecule has 0 bridgehead atoms. The summed E-state index contributed by atoms with van der Waals surface area (Å²) < 4.78 is 5.62. The number of nitrogens with zero attached hydrogens (tertiary/aromatic N) is 1. The molecule has 1 aromatic rings. The Labute approximate surface area is 94.2 Å². The van der Waals surface area contributed by atoms with Gasteiger partial charge in [-0.1, -0.05) is 0 Å². The van der Waals surface area contributed by atoms with Gasteiger partial charge in [0, 0.05) is 19.2 Å². The Morgan fingerprint density at radius 3 is 3.25 bits per heavy atom. The predicted octanol–water partition coefficient (Wildman–Crippen LogP) is 1.14. The average molecular weight is 223 g/mol. The zero-order chi connectivity index (χ0) is 11.2. The van der Waals surface area contributed by atoms with Crippen LogP contribution in [0, 0.1) is 0 Å². The summed E-state index contributed by atoms with van der Waals surface area (Å²) in [7, 11) is 0. The third-order valence-corrected chi connectivity index (χ3v) is 2.73. The molecule has 1 saturated heterocycles. The lowest BCUT2D eigenvalue weighted by Gasteiger charge is -2.22. The van der Waals surface area contributed by atoms with E-state index in [4.69, 9.17) is 4.74 Å². The van der Waals surface area contributed by atoms with E-state index < -0.39 is 0 Å². The Morgan fingerprint density at radius 1 is 1.56 bits per heavy atom. The summed E-state index contributed by atoms with van der Waals surface area (Å²) in [4.78, 5) is 11.0. The van der Waals surface area contributed by atoms with Crippen LogP contribution in [0.25, 0.3) is 0 Å². The summed E-state index contributed by atoms with van der Waals surface area (Å²) in [5, 5.41) is 9.23. The van der Waals surface area contributed by atoms with E-state index in [1.807, 2.05) is 0 Å². The van der Waals surface area contributed by atoms with Gasteiger partial charge in [0.2, 0.25) is 0 Å². The summed E-state index contributed by atoms with van der Waals surface area (Å²) >= 11 is 0. The van der Waals surface area contributed by atoms with Gasteiger partial charge in [0.1, 0.15) is 0 Å². The number of rotatable bonds is 4. The molecule has 1 aromatic heterocycles. The first-order valence-corrected chi connectivity index (χ1v) is 5.75. The average Bonchev–Trinajstić information content (AvgIpc) is 2.30. The van der Waals surface area contributed by atoms with Crippen molar-refractivity contribution in [1.82, 2.24) is 10.2 Å². The number of ether oxygens (including phenoxy) is 1. The van der Waals surface area contributed by atoms with Gasteiger partial charge in [-0.3, -0.25) is 4.79 Å². The smallest absolute Gasteiger partial charge is 0.266 e. The Balaban J connectivity index is 1.73. The first-order chi connectivity index (χ1) is 7.84. The van der Waals surface area contributed by atoms with E-state index >= 15 is 0 Å². The molecule has 16 heavy (non-hydrogen) atoms. The zero-order valence-corrected chi connectivity index (χ0v) is 9.24. The van der Waals surface area contributed by atoms with Crippen LogP contribution >= 0.6 is 0 Å². The van der Waals surface area contributed by atoms with Crippen molar-refractivity contribution in [3.63, 3.8) is 0 Å². The second kappa shape index (κ2) is 5.65. The highest BCUT2D eigenvalue weighted by Crippen LogP contribution is 2.15. The SMILES string of the molecule is O=c1cc(NCCC2CCCCO2)cn[nH]1. The topological polar surface area (TPSA) is 67.0 Å². The Hall–Kier alpha value is -1.36. The fourth-order valence-corrected chi connectivity index (χ4v) is 1.89.